The molecule has 2 aliphatic rings. The third kappa shape index (κ3) is 3.63. The van der Waals surface area contributed by atoms with Crippen LogP contribution in [0.15, 0.2) is 42.5 Å². The van der Waals surface area contributed by atoms with Gasteiger partial charge in [-0.25, -0.2) is 0 Å². The molecule has 0 N–H and O–H groups in total. The Morgan fingerprint density at radius 1 is 0.900 bits per heavy atom. The van der Waals surface area contributed by atoms with E-state index in [0.717, 1.165) is 75.0 Å². The molecule has 0 spiro atoms. The Bertz CT molecular complexity index is 1020. The summed E-state index contributed by atoms with van der Waals surface area (Å²) >= 11 is 0. The number of carbonyl (C=O) groups is 1. The predicted molar refractivity (Wildman–Crippen MR) is 115 cm³/mol. The summed E-state index contributed by atoms with van der Waals surface area (Å²) in [5.41, 5.74) is 1.73. The average molecular weight is 406 g/mol. The molecule has 1 amide bonds. The number of piperidine rings is 1. The first-order valence-electron chi connectivity index (χ1n) is 10.7. The van der Waals surface area contributed by atoms with Gasteiger partial charge in [-0.3, -0.25) is 4.79 Å². The number of carbonyl (C=O) groups excluding carboxylic acids is 1. The van der Waals surface area contributed by atoms with Crippen LogP contribution in [0.3, 0.4) is 0 Å². The fourth-order valence-corrected chi connectivity index (χ4v) is 4.36. The van der Waals surface area contributed by atoms with Gasteiger partial charge in [0, 0.05) is 50.7 Å². The highest BCUT2D eigenvalue weighted by atomic mass is 16.2. The van der Waals surface area contributed by atoms with Crippen molar-refractivity contribution >= 4 is 17.4 Å². The Balaban J connectivity index is 1.29. The third-order valence-electron chi connectivity index (χ3n) is 6.26. The van der Waals surface area contributed by atoms with Crippen LogP contribution in [0.1, 0.15) is 12.8 Å². The van der Waals surface area contributed by atoms with Crippen LogP contribution in [0.2, 0.25) is 0 Å². The molecule has 1 aromatic carbocycles. The van der Waals surface area contributed by atoms with E-state index in [1.165, 1.54) is 0 Å². The maximum absolute atomic E-state index is 12.9. The summed E-state index contributed by atoms with van der Waals surface area (Å²) in [6, 6.07) is 14.0. The van der Waals surface area contributed by atoms with Gasteiger partial charge < -0.3 is 14.7 Å². The molecule has 8 nitrogen and oxygen atoms in total. The molecule has 0 radical (unpaired) electrons. The monoisotopic (exact) mass is 405 g/mol. The lowest BCUT2D eigenvalue weighted by molar-refractivity contribution is -0.137. The summed E-state index contributed by atoms with van der Waals surface area (Å²) in [4.78, 5) is 19.5. The van der Waals surface area contributed by atoms with E-state index in [1.54, 1.807) is 0 Å². The van der Waals surface area contributed by atoms with Crippen molar-refractivity contribution in [2.45, 2.75) is 12.8 Å². The number of aromatic nitrogens is 4. The standard InChI is InChI=1S/C22H27N7O/c1-26-13-15-28(16-14-26)22(30)18-9-11-27(12-10-18)20-8-7-19-23-24-21(29(19)25-20)17-5-3-2-4-6-17/h2-8,18H,9-16H2,1H3. The van der Waals surface area contributed by atoms with Crippen LogP contribution >= 0.6 is 0 Å². The SMILES string of the molecule is CN1CCN(C(=O)C2CCN(c3ccc4nnc(-c5ccccc5)n4n3)CC2)CC1. The Kier molecular flexibility index (Phi) is 5.08. The van der Waals surface area contributed by atoms with Gasteiger partial charge in [0.1, 0.15) is 5.82 Å². The van der Waals surface area contributed by atoms with Crippen molar-refractivity contribution < 1.29 is 4.79 Å². The number of anilines is 1. The first-order valence-corrected chi connectivity index (χ1v) is 10.7. The molecule has 8 heteroatoms. The quantitative estimate of drug-likeness (QED) is 0.662. The molecule has 2 saturated heterocycles. The highest BCUT2D eigenvalue weighted by Gasteiger charge is 2.30. The molecule has 2 fully saturated rings. The minimum Gasteiger partial charge on any atom is -0.355 e. The van der Waals surface area contributed by atoms with E-state index >= 15 is 0 Å². The number of piperazine rings is 1. The number of hydrogen-bond donors (Lipinski definition) is 0. The van der Waals surface area contributed by atoms with Crippen LogP contribution in [-0.4, -0.2) is 81.8 Å². The van der Waals surface area contributed by atoms with Gasteiger partial charge in [0.05, 0.1) is 0 Å². The molecule has 0 saturated carbocycles. The van der Waals surface area contributed by atoms with Crippen molar-refractivity contribution in [2.75, 3.05) is 51.2 Å². The lowest BCUT2D eigenvalue weighted by atomic mass is 9.95. The summed E-state index contributed by atoms with van der Waals surface area (Å²) in [6.45, 7) is 5.32. The molecule has 3 aromatic rings. The number of fused-ring (bicyclic) bond motifs is 1. The van der Waals surface area contributed by atoms with Crippen molar-refractivity contribution in [1.82, 2.24) is 29.6 Å². The molecule has 156 valence electrons. The molecular weight excluding hydrogens is 378 g/mol. The Morgan fingerprint density at radius 2 is 1.63 bits per heavy atom. The van der Waals surface area contributed by atoms with Crippen LogP contribution in [0.5, 0.6) is 0 Å². The summed E-state index contributed by atoms with van der Waals surface area (Å²) in [6.07, 6.45) is 1.75. The number of amides is 1. The van der Waals surface area contributed by atoms with E-state index in [-0.39, 0.29) is 5.92 Å². The minimum absolute atomic E-state index is 0.128. The number of rotatable bonds is 3. The van der Waals surface area contributed by atoms with Gasteiger partial charge in [0.2, 0.25) is 5.91 Å². The molecule has 30 heavy (non-hydrogen) atoms. The molecule has 0 aliphatic carbocycles. The van der Waals surface area contributed by atoms with E-state index in [4.69, 9.17) is 5.10 Å². The topological polar surface area (TPSA) is 69.9 Å². The van der Waals surface area contributed by atoms with Gasteiger partial charge in [0.15, 0.2) is 11.5 Å². The van der Waals surface area contributed by atoms with Crippen molar-refractivity contribution in [3.63, 3.8) is 0 Å². The lowest BCUT2D eigenvalue weighted by Crippen LogP contribution is -2.50. The molecule has 4 heterocycles. The fraction of sp³-hybridized carbons (Fsp3) is 0.455. The van der Waals surface area contributed by atoms with E-state index in [0.29, 0.717) is 5.91 Å². The highest BCUT2D eigenvalue weighted by Crippen LogP contribution is 2.25. The summed E-state index contributed by atoms with van der Waals surface area (Å²) < 4.78 is 1.81. The molecule has 2 aliphatic heterocycles. The predicted octanol–water partition coefficient (Wildman–Crippen LogP) is 1.78. The Labute approximate surface area is 176 Å². The molecule has 5 rings (SSSR count). The van der Waals surface area contributed by atoms with Crippen LogP contribution < -0.4 is 4.90 Å². The second-order valence-electron chi connectivity index (χ2n) is 8.24. The first kappa shape index (κ1) is 19.0. The normalized spacial score (nSPS) is 18.8. The van der Waals surface area contributed by atoms with Crippen LogP contribution in [-0.2, 0) is 4.79 Å². The summed E-state index contributed by atoms with van der Waals surface area (Å²) in [5.74, 6) is 2.11. The van der Waals surface area contributed by atoms with Crippen molar-refractivity contribution in [3.05, 3.63) is 42.5 Å². The maximum atomic E-state index is 12.9. The van der Waals surface area contributed by atoms with E-state index in [9.17, 15) is 4.79 Å². The van der Waals surface area contributed by atoms with Gasteiger partial charge in [-0.15, -0.1) is 15.3 Å². The second-order valence-corrected chi connectivity index (χ2v) is 8.24. The van der Waals surface area contributed by atoms with Crippen LogP contribution in [0.4, 0.5) is 5.82 Å². The lowest BCUT2D eigenvalue weighted by Gasteiger charge is -2.37. The fourth-order valence-electron chi connectivity index (χ4n) is 4.36. The molecule has 0 atom stereocenters. The van der Waals surface area contributed by atoms with E-state index < -0.39 is 0 Å². The Hall–Kier alpha value is -3.00. The number of benzene rings is 1. The summed E-state index contributed by atoms with van der Waals surface area (Å²) in [7, 11) is 2.11. The highest BCUT2D eigenvalue weighted by molar-refractivity contribution is 5.79. The number of nitrogens with zero attached hydrogens (tertiary/aromatic N) is 7. The zero-order valence-corrected chi connectivity index (χ0v) is 17.3. The Morgan fingerprint density at radius 3 is 2.37 bits per heavy atom. The smallest absolute Gasteiger partial charge is 0.225 e. The largest absolute Gasteiger partial charge is 0.355 e. The first-order chi connectivity index (χ1) is 14.7. The molecule has 0 unspecified atom stereocenters. The molecule has 2 aromatic heterocycles. The maximum Gasteiger partial charge on any atom is 0.225 e. The number of hydrogen-bond acceptors (Lipinski definition) is 6. The second kappa shape index (κ2) is 8.02. The van der Waals surface area contributed by atoms with Crippen molar-refractivity contribution in [2.24, 2.45) is 5.92 Å². The van der Waals surface area contributed by atoms with Crippen molar-refractivity contribution in [1.29, 1.82) is 0 Å². The zero-order valence-electron chi connectivity index (χ0n) is 17.3. The van der Waals surface area contributed by atoms with Gasteiger partial charge in [-0.05, 0) is 32.0 Å². The zero-order chi connectivity index (χ0) is 20.5. The van der Waals surface area contributed by atoms with Crippen molar-refractivity contribution in [3.8, 4) is 11.4 Å². The minimum atomic E-state index is 0.128. The van der Waals surface area contributed by atoms with E-state index in [2.05, 4.69) is 27.0 Å². The van der Waals surface area contributed by atoms with Gasteiger partial charge in [0.25, 0.3) is 0 Å². The summed E-state index contributed by atoms with van der Waals surface area (Å²) in [5, 5.41) is 13.4. The average Bonchev–Trinajstić information content (AvgIpc) is 3.23. The van der Waals surface area contributed by atoms with Gasteiger partial charge in [-0.1, -0.05) is 30.3 Å². The van der Waals surface area contributed by atoms with E-state index in [1.807, 2.05) is 51.9 Å². The molecular formula is C22H27N7O. The van der Waals surface area contributed by atoms with Gasteiger partial charge in [-0.2, -0.15) is 4.52 Å². The van der Waals surface area contributed by atoms with Gasteiger partial charge >= 0.3 is 0 Å². The van der Waals surface area contributed by atoms with Crippen LogP contribution in [0, 0.1) is 5.92 Å². The third-order valence-corrected chi connectivity index (χ3v) is 6.26. The number of likely N-dealkylation sites (N-methyl/N-ethyl adjacent to an activating group) is 1. The van der Waals surface area contributed by atoms with Crippen LogP contribution in [0.25, 0.3) is 17.0 Å². The molecule has 0 bridgehead atoms.